The number of aryl methyl sites for hydroxylation is 1. The van der Waals surface area contributed by atoms with Gasteiger partial charge in [-0.25, -0.2) is 4.79 Å². The first-order valence-electron chi connectivity index (χ1n) is 5.31. The fourth-order valence-electron chi connectivity index (χ4n) is 1.59. The normalized spacial score (nSPS) is 12.1. The number of carboxylic acids is 2. The molecule has 1 rings (SSSR count). The van der Waals surface area contributed by atoms with Crippen molar-refractivity contribution in [1.29, 1.82) is 0 Å². The van der Waals surface area contributed by atoms with Gasteiger partial charge in [-0.15, -0.1) is 0 Å². The van der Waals surface area contributed by atoms with Gasteiger partial charge in [-0.1, -0.05) is 18.2 Å². The summed E-state index contributed by atoms with van der Waals surface area (Å²) in [6, 6.07) is 4.31. The second-order valence-corrected chi connectivity index (χ2v) is 3.82. The van der Waals surface area contributed by atoms with E-state index < -0.39 is 18.0 Å². The predicted molar refractivity (Wildman–Crippen MR) is 60.9 cm³/mol. The highest BCUT2D eigenvalue weighted by atomic mass is 16.4. The summed E-state index contributed by atoms with van der Waals surface area (Å²) in [6.45, 7) is -0.338. The van der Waals surface area contributed by atoms with Crippen LogP contribution in [0.4, 0.5) is 0 Å². The number of aliphatic hydroxyl groups is 2. The molecule has 0 bridgehead atoms. The Morgan fingerprint density at radius 1 is 1.17 bits per heavy atom. The van der Waals surface area contributed by atoms with Gasteiger partial charge in [0.05, 0.1) is 6.61 Å². The molecule has 0 spiro atoms. The highest BCUT2D eigenvalue weighted by Crippen LogP contribution is 2.19. The highest BCUT2D eigenvalue weighted by molar-refractivity contribution is 5.74. The Balaban J connectivity index is 2.96. The van der Waals surface area contributed by atoms with Crippen LogP contribution in [0.15, 0.2) is 18.2 Å². The topological polar surface area (TPSA) is 115 Å². The van der Waals surface area contributed by atoms with Crippen molar-refractivity contribution in [2.75, 3.05) is 0 Å². The molecule has 0 saturated heterocycles. The molecule has 0 aromatic heterocycles. The second-order valence-electron chi connectivity index (χ2n) is 3.82. The Morgan fingerprint density at radius 3 is 2.33 bits per heavy atom. The molecule has 0 amide bonds. The first-order chi connectivity index (χ1) is 8.45. The number of rotatable bonds is 6. The molecule has 1 aromatic carbocycles. The monoisotopic (exact) mass is 254 g/mol. The average molecular weight is 254 g/mol. The van der Waals surface area contributed by atoms with E-state index in [2.05, 4.69) is 0 Å². The number of carboxylic acid groups (broad SMARTS) is 2. The van der Waals surface area contributed by atoms with Crippen LogP contribution in [0.25, 0.3) is 0 Å². The van der Waals surface area contributed by atoms with E-state index in [0.29, 0.717) is 11.1 Å². The number of hydrogen-bond donors (Lipinski definition) is 4. The molecule has 18 heavy (non-hydrogen) atoms. The lowest BCUT2D eigenvalue weighted by Gasteiger charge is -2.11. The van der Waals surface area contributed by atoms with E-state index in [0.717, 1.165) is 0 Å². The van der Waals surface area contributed by atoms with Gasteiger partial charge in [0.25, 0.3) is 0 Å². The Hall–Kier alpha value is -1.92. The van der Waals surface area contributed by atoms with Crippen molar-refractivity contribution in [1.82, 2.24) is 0 Å². The first-order valence-corrected chi connectivity index (χ1v) is 5.31. The summed E-state index contributed by atoms with van der Waals surface area (Å²) in [5, 5.41) is 35.7. The van der Waals surface area contributed by atoms with Gasteiger partial charge in [-0.2, -0.15) is 0 Å². The van der Waals surface area contributed by atoms with Gasteiger partial charge in [-0.3, -0.25) is 4.79 Å². The predicted octanol–water partition coefficient (Wildman–Crippen LogP) is 0.314. The Labute approximate surface area is 103 Å². The summed E-state index contributed by atoms with van der Waals surface area (Å²) in [5.74, 6) is -2.33. The van der Waals surface area contributed by atoms with Gasteiger partial charge in [0.15, 0.2) is 6.10 Å². The molecule has 6 heteroatoms. The lowest BCUT2D eigenvalue weighted by atomic mass is 9.98. The second kappa shape index (κ2) is 6.13. The number of carbonyl (C=O) groups is 2. The van der Waals surface area contributed by atoms with E-state index in [1.54, 1.807) is 0 Å². The molecular weight excluding hydrogens is 240 g/mol. The lowest BCUT2D eigenvalue weighted by Crippen LogP contribution is -2.11. The maximum Gasteiger partial charge on any atom is 0.337 e. The van der Waals surface area contributed by atoms with Gasteiger partial charge < -0.3 is 20.4 Å². The average Bonchev–Trinajstić information content (AvgIpc) is 2.34. The van der Waals surface area contributed by atoms with Crippen molar-refractivity contribution in [3.63, 3.8) is 0 Å². The third-order valence-corrected chi connectivity index (χ3v) is 2.56. The molecule has 98 valence electrons. The van der Waals surface area contributed by atoms with Gasteiger partial charge in [0, 0.05) is 6.42 Å². The zero-order valence-electron chi connectivity index (χ0n) is 9.54. The van der Waals surface area contributed by atoms with Crippen LogP contribution in [0.3, 0.4) is 0 Å². The molecule has 0 aliphatic carbocycles. The minimum Gasteiger partial charge on any atom is -0.481 e. The Kier molecular flexibility index (Phi) is 4.82. The molecular formula is C12H14O6. The van der Waals surface area contributed by atoms with Gasteiger partial charge >= 0.3 is 11.9 Å². The lowest BCUT2D eigenvalue weighted by molar-refractivity contribution is -0.147. The summed E-state index contributed by atoms with van der Waals surface area (Å²) in [7, 11) is 0. The zero-order valence-corrected chi connectivity index (χ0v) is 9.54. The molecule has 1 atom stereocenters. The number of benzene rings is 1. The summed E-state index contributed by atoms with van der Waals surface area (Å²) in [6.07, 6.45) is -1.48. The fourth-order valence-corrected chi connectivity index (χ4v) is 1.59. The molecule has 1 unspecified atom stereocenters. The van der Waals surface area contributed by atoms with Crippen LogP contribution >= 0.6 is 0 Å². The SMILES string of the molecule is O=C(O)CCc1ccc(C(O)C(=O)O)cc1CO. The van der Waals surface area contributed by atoms with Crippen LogP contribution in [-0.2, 0) is 22.6 Å². The van der Waals surface area contributed by atoms with Crippen molar-refractivity contribution < 1.29 is 30.0 Å². The Bertz CT molecular complexity index is 454. The summed E-state index contributed by atoms with van der Waals surface area (Å²) >= 11 is 0. The molecule has 0 aliphatic heterocycles. The van der Waals surface area contributed by atoms with E-state index in [1.807, 2.05) is 0 Å². The molecule has 0 saturated carbocycles. The molecule has 0 radical (unpaired) electrons. The number of hydrogen-bond acceptors (Lipinski definition) is 4. The van der Waals surface area contributed by atoms with Crippen molar-refractivity contribution in [2.24, 2.45) is 0 Å². The summed E-state index contributed by atoms with van der Waals surface area (Å²) < 4.78 is 0. The van der Waals surface area contributed by atoms with E-state index in [1.165, 1.54) is 18.2 Å². The van der Waals surface area contributed by atoms with Gasteiger partial charge in [0.2, 0.25) is 0 Å². The quantitative estimate of drug-likeness (QED) is 0.581. The smallest absolute Gasteiger partial charge is 0.337 e. The third kappa shape index (κ3) is 3.54. The van der Waals surface area contributed by atoms with Crippen LogP contribution in [0.2, 0.25) is 0 Å². The highest BCUT2D eigenvalue weighted by Gasteiger charge is 2.17. The fraction of sp³-hybridized carbons (Fsp3) is 0.333. The number of aliphatic carboxylic acids is 2. The molecule has 6 nitrogen and oxygen atoms in total. The van der Waals surface area contributed by atoms with Crippen LogP contribution in [0, 0.1) is 0 Å². The molecule has 1 aromatic rings. The van der Waals surface area contributed by atoms with E-state index in [4.69, 9.17) is 15.3 Å². The van der Waals surface area contributed by atoms with Crippen LogP contribution < -0.4 is 0 Å². The van der Waals surface area contributed by atoms with Crippen molar-refractivity contribution in [2.45, 2.75) is 25.6 Å². The standard InChI is InChI=1S/C12H14O6/c13-6-9-5-8(11(16)12(17)18)2-1-7(9)3-4-10(14)15/h1-2,5,11,13,16H,3-4,6H2,(H,14,15)(H,17,18). The van der Waals surface area contributed by atoms with Crippen molar-refractivity contribution >= 4 is 11.9 Å². The van der Waals surface area contributed by atoms with E-state index >= 15 is 0 Å². The maximum atomic E-state index is 10.6. The minimum atomic E-state index is -1.65. The molecule has 0 fully saturated rings. The zero-order chi connectivity index (χ0) is 13.7. The van der Waals surface area contributed by atoms with Crippen molar-refractivity contribution in [3.05, 3.63) is 34.9 Å². The summed E-state index contributed by atoms with van der Waals surface area (Å²) in [5.41, 5.74) is 1.21. The van der Waals surface area contributed by atoms with Crippen LogP contribution in [0.1, 0.15) is 29.2 Å². The van der Waals surface area contributed by atoms with Crippen molar-refractivity contribution in [3.8, 4) is 0 Å². The number of aliphatic hydroxyl groups excluding tert-OH is 2. The van der Waals surface area contributed by atoms with Gasteiger partial charge in [-0.05, 0) is 23.1 Å². The first kappa shape index (κ1) is 14.1. The third-order valence-electron chi connectivity index (χ3n) is 2.56. The van der Waals surface area contributed by atoms with Crippen LogP contribution in [0.5, 0.6) is 0 Å². The van der Waals surface area contributed by atoms with Crippen LogP contribution in [-0.4, -0.2) is 32.4 Å². The van der Waals surface area contributed by atoms with Gasteiger partial charge in [0.1, 0.15) is 0 Å². The summed E-state index contributed by atoms with van der Waals surface area (Å²) in [4.78, 5) is 21.1. The maximum absolute atomic E-state index is 10.6. The van der Waals surface area contributed by atoms with E-state index in [9.17, 15) is 14.7 Å². The molecule has 0 aliphatic rings. The minimum absolute atomic E-state index is 0.0756. The van der Waals surface area contributed by atoms with E-state index in [-0.39, 0.29) is 25.0 Å². The molecule has 0 heterocycles. The Morgan fingerprint density at radius 2 is 1.83 bits per heavy atom. The molecule has 4 N–H and O–H groups in total. The largest absolute Gasteiger partial charge is 0.481 e.